The van der Waals surface area contributed by atoms with E-state index in [0.717, 1.165) is 0 Å². The number of rotatable bonds is 8. The van der Waals surface area contributed by atoms with E-state index >= 15 is 17.6 Å². The van der Waals surface area contributed by atoms with Crippen LogP contribution in [0, 0.1) is 0 Å². The molecule has 3 rings (SSSR count). The molecule has 234 valence electrons. The second-order valence-electron chi connectivity index (χ2n) is 8.61. The molecule has 0 aliphatic carbocycles. The molecule has 2 unspecified atom stereocenters. The van der Waals surface area contributed by atoms with Crippen LogP contribution in [0.15, 0.2) is 60.4 Å². The first-order valence-electron chi connectivity index (χ1n) is 11.6. The lowest BCUT2D eigenvalue weighted by atomic mass is 9.84. The first-order chi connectivity index (χ1) is 19.1. The molecule has 0 amide bonds. The van der Waals surface area contributed by atoms with Crippen molar-refractivity contribution < 1.29 is 76.0 Å². The van der Waals surface area contributed by atoms with Gasteiger partial charge in [-0.1, -0.05) is 12.1 Å². The molecule has 1 saturated heterocycles. The molecule has 0 N–H and O–H groups in total. The van der Waals surface area contributed by atoms with E-state index < -0.39 is 64.7 Å². The van der Waals surface area contributed by atoms with Crippen molar-refractivity contribution >= 4 is 0 Å². The Morgan fingerprint density at radius 3 is 1.38 bits per heavy atom. The van der Waals surface area contributed by atoms with E-state index in [1.165, 1.54) is 13.8 Å². The summed E-state index contributed by atoms with van der Waals surface area (Å²) < 4.78 is 204. The molecule has 0 bridgehead atoms. The summed E-state index contributed by atoms with van der Waals surface area (Å²) in [7, 11) is 0. The van der Waals surface area contributed by atoms with Gasteiger partial charge in [0.1, 0.15) is 17.3 Å². The number of alkyl halides is 13. The number of hydrogen-bond donors (Lipinski definition) is 0. The topological polar surface area (TPSA) is 36.9 Å². The third-order valence-electron chi connectivity index (χ3n) is 5.88. The standard InChI is InChI=1S/C25H19F13O4/c1-3-39-16-9-5-14(6-10-16)20(22(29,30)24(33,34)35)18(13-19(26,27)28)41-21(42-20,23(31,32)25(36,37)38)15-7-11-17(12-8-15)40-4-2/h5-13H,3-4H2,1-2H3/b18-13-. The highest BCUT2D eigenvalue weighted by molar-refractivity contribution is 5.43. The maximum Gasteiger partial charge on any atom is 0.460 e. The van der Waals surface area contributed by atoms with Gasteiger partial charge in [-0.3, -0.25) is 0 Å². The molecule has 0 spiro atoms. The van der Waals surface area contributed by atoms with E-state index in [0.29, 0.717) is 36.4 Å². The first-order valence-corrected chi connectivity index (χ1v) is 11.6. The predicted molar refractivity (Wildman–Crippen MR) is 117 cm³/mol. The lowest BCUT2D eigenvalue weighted by molar-refractivity contribution is -0.423. The van der Waals surface area contributed by atoms with Gasteiger partial charge in [0.2, 0.25) is 5.60 Å². The SMILES string of the molecule is CCOc1ccc(C2(C(F)(F)C(F)(F)F)O/C(=C\C(F)(F)F)C(c3ccc(OCC)cc3)(C(F)(F)C(F)(F)F)O2)cc1. The summed E-state index contributed by atoms with van der Waals surface area (Å²) in [5.74, 6) is -21.3. The number of hydrogen-bond acceptors (Lipinski definition) is 4. The lowest BCUT2D eigenvalue weighted by Gasteiger charge is -2.40. The van der Waals surface area contributed by atoms with Crippen molar-refractivity contribution in [1.29, 1.82) is 0 Å². The van der Waals surface area contributed by atoms with E-state index in [1.807, 2.05) is 0 Å². The van der Waals surface area contributed by atoms with Crippen molar-refractivity contribution in [2.75, 3.05) is 13.2 Å². The third kappa shape index (κ3) is 5.42. The molecule has 1 aliphatic rings. The predicted octanol–water partition coefficient (Wildman–Crippen LogP) is 8.42. The average Bonchev–Trinajstić information content (AvgIpc) is 3.20. The Balaban J connectivity index is 2.52. The van der Waals surface area contributed by atoms with Gasteiger partial charge in [-0.25, -0.2) is 0 Å². The molecule has 42 heavy (non-hydrogen) atoms. The highest BCUT2D eigenvalue weighted by Gasteiger charge is 2.85. The van der Waals surface area contributed by atoms with Crippen molar-refractivity contribution in [3.8, 4) is 11.5 Å². The van der Waals surface area contributed by atoms with Crippen molar-refractivity contribution in [3.63, 3.8) is 0 Å². The molecular formula is C25H19F13O4. The Hall–Kier alpha value is -3.37. The zero-order chi connectivity index (χ0) is 32.0. The smallest absolute Gasteiger partial charge is 0.460 e. The summed E-state index contributed by atoms with van der Waals surface area (Å²) in [6.07, 6.45) is -21.0. The zero-order valence-electron chi connectivity index (χ0n) is 21.2. The van der Waals surface area contributed by atoms with Crippen LogP contribution in [0.5, 0.6) is 11.5 Å². The Bertz CT molecular complexity index is 1270. The molecule has 4 nitrogen and oxygen atoms in total. The zero-order valence-corrected chi connectivity index (χ0v) is 21.2. The molecule has 1 heterocycles. The molecule has 2 aromatic carbocycles. The molecule has 17 heteroatoms. The van der Waals surface area contributed by atoms with Gasteiger partial charge in [-0.2, -0.15) is 57.1 Å². The average molecular weight is 630 g/mol. The summed E-state index contributed by atoms with van der Waals surface area (Å²) in [5, 5.41) is 0. The minimum absolute atomic E-state index is 0.0622. The normalized spacial score (nSPS) is 23.2. The molecule has 0 radical (unpaired) electrons. The van der Waals surface area contributed by atoms with Crippen LogP contribution in [0.25, 0.3) is 0 Å². The van der Waals surface area contributed by atoms with Crippen molar-refractivity contribution in [2.24, 2.45) is 0 Å². The fourth-order valence-electron chi connectivity index (χ4n) is 4.10. The van der Waals surface area contributed by atoms with Crippen molar-refractivity contribution in [3.05, 3.63) is 71.5 Å². The summed E-state index contributed by atoms with van der Waals surface area (Å²) in [6, 6.07) is 3.97. The third-order valence-corrected chi connectivity index (χ3v) is 5.88. The number of benzene rings is 2. The van der Waals surface area contributed by atoms with Gasteiger partial charge in [0, 0.05) is 5.56 Å². The van der Waals surface area contributed by atoms with E-state index in [1.54, 1.807) is 0 Å². The lowest BCUT2D eigenvalue weighted by Crippen LogP contribution is -2.60. The van der Waals surface area contributed by atoms with E-state index in [9.17, 15) is 39.5 Å². The second kappa shape index (κ2) is 10.7. The van der Waals surface area contributed by atoms with Crippen LogP contribution in [-0.4, -0.2) is 43.6 Å². The van der Waals surface area contributed by atoms with Crippen LogP contribution in [0.3, 0.4) is 0 Å². The van der Waals surface area contributed by atoms with Crippen LogP contribution in [0.4, 0.5) is 57.1 Å². The van der Waals surface area contributed by atoms with Crippen molar-refractivity contribution in [1.82, 2.24) is 0 Å². The van der Waals surface area contributed by atoms with Crippen LogP contribution in [0.2, 0.25) is 0 Å². The van der Waals surface area contributed by atoms with Crippen LogP contribution in [-0.2, 0) is 20.9 Å². The molecule has 1 aliphatic heterocycles. The van der Waals surface area contributed by atoms with E-state index in [-0.39, 0.29) is 36.8 Å². The van der Waals surface area contributed by atoms with Gasteiger partial charge in [-0.15, -0.1) is 0 Å². The Morgan fingerprint density at radius 1 is 0.619 bits per heavy atom. The molecule has 2 atom stereocenters. The van der Waals surface area contributed by atoms with Gasteiger partial charge in [0.25, 0.3) is 0 Å². The highest BCUT2D eigenvalue weighted by Crippen LogP contribution is 2.67. The molecule has 2 aromatic rings. The fraction of sp³-hybridized carbons (Fsp3) is 0.440. The minimum Gasteiger partial charge on any atom is -0.494 e. The van der Waals surface area contributed by atoms with Crippen LogP contribution < -0.4 is 9.47 Å². The Morgan fingerprint density at radius 2 is 1.02 bits per heavy atom. The van der Waals surface area contributed by atoms with Gasteiger partial charge in [0.15, 0.2) is 0 Å². The van der Waals surface area contributed by atoms with E-state index in [2.05, 4.69) is 9.47 Å². The van der Waals surface area contributed by atoms with Gasteiger partial charge >= 0.3 is 36.2 Å². The molecule has 0 saturated carbocycles. The molecular weight excluding hydrogens is 611 g/mol. The molecule has 1 fully saturated rings. The Kier molecular flexibility index (Phi) is 8.46. The summed E-state index contributed by atoms with van der Waals surface area (Å²) in [5.41, 5.74) is -8.25. The highest BCUT2D eigenvalue weighted by atomic mass is 19.4. The second-order valence-corrected chi connectivity index (χ2v) is 8.61. The van der Waals surface area contributed by atoms with Gasteiger partial charge in [-0.05, 0) is 55.8 Å². The van der Waals surface area contributed by atoms with Crippen LogP contribution in [0.1, 0.15) is 25.0 Å². The number of allylic oxidation sites excluding steroid dienone is 1. The number of halogens is 13. The maximum atomic E-state index is 15.4. The maximum absolute atomic E-state index is 15.4. The fourth-order valence-corrected chi connectivity index (χ4v) is 4.10. The minimum atomic E-state index is -6.89. The quantitative estimate of drug-likeness (QED) is 0.275. The van der Waals surface area contributed by atoms with Gasteiger partial charge in [0.05, 0.1) is 19.3 Å². The summed E-state index contributed by atoms with van der Waals surface area (Å²) in [4.78, 5) is 0. The summed E-state index contributed by atoms with van der Waals surface area (Å²) >= 11 is 0. The monoisotopic (exact) mass is 630 g/mol. The number of ether oxygens (including phenoxy) is 4. The van der Waals surface area contributed by atoms with E-state index in [4.69, 9.17) is 9.47 Å². The van der Waals surface area contributed by atoms with Crippen molar-refractivity contribution in [2.45, 2.75) is 55.6 Å². The Labute approximate surface area is 228 Å². The van der Waals surface area contributed by atoms with Gasteiger partial charge < -0.3 is 18.9 Å². The first kappa shape index (κ1) is 33.1. The largest absolute Gasteiger partial charge is 0.494 e. The van der Waals surface area contributed by atoms with Crippen LogP contribution >= 0.6 is 0 Å². The molecule has 0 aromatic heterocycles. The summed E-state index contributed by atoms with van der Waals surface area (Å²) in [6.45, 7) is 2.72.